The van der Waals surface area contributed by atoms with Crippen LogP contribution in [0.4, 0.5) is 0 Å². The average molecular weight is 233 g/mol. The molecule has 0 fully saturated rings. The third-order valence-corrected chi connectivity index (χ3v) is 2.61. The van der Waals surface area contributed by atoms with Gasteiger partial charge in [-0.3, -0.25) is 4.98 Å². The van der Waals surface area contributed by atoms with E-state index in [9.17, 15) is 0 Å². The molecule has 5 heteroatoms. The highest BCUT2D eigenvalue weighted by Crippen LogP contribution is 2.22. The molecule has 0 spiro atoms. The lowest BCUT2D eigenvalue weighted by Gasteiger charge is -2.02. The zero-order valence-electron chi connectivity index (χ0n) is 8.68. The fourth-order valence-corrected chi connectivity index (χ4v) is 1.76. The number of hydrogen-bond acceptors (Lipinski definition) is 3. The summed E-state index contributed by atoms with van der Waals surface area (Å²) in [5.74, 6) is 0.677. The van der Waals surface area contributed by atoms with Crippen LogP contribution < -0.4 is 0 Å². The molecular formula is C11H9ClN4. The highest BCUT2D eigenvalue weighted by molar-refractivity contribution is 6.30. The third kappa shape index (κ3) is 1.77. The van der Waals surface area contributed by atoms with Crippen LogP contribution in [0, 0.1) is 11.3 Å². The quantitative estimate of drug-likeness (QED) is 0.798. The van der Waals surface area contributed by atoms with Gasteiger partial charge in [0.25, 0.3) is 0 Å². The molecule has 0 unspecified atom stereocenters. The standard InChI is InChI=1S/C11H9ClN4/c1-16-9(5-6-13)10(12)15-11(16)8-4-2-3-7-14-8/h2-4,7H,5H2,1H3. The van der Waals surface area contributed by atoms with Gasteiger partial charge in [0, 0.05) is 13.2 Å². The first-order valence-electron chi connectivity index (χ1n) is 4.73. The van der Waals surface area contributed by atoms with Crippen molar-refractivity contribution in [3.8, 4) is 17.6 Å². The van der Waals surface area contributed by atoms with Crippen molar-refractivity contribution in [2.45, 2.75) is 6.42 Å². The Morgan fingerprint density at radius 3 is 2.94 bits per heavy atom. The van der Waals surface area contributed by atoms with E-state index in [-0.39, 0.29) is 6.42 Å². The van der Waals surface area contributed by atoms with Crippen LogP contribution in [0.25, 0.3) is 11.5 Å². The van der Waals surface area contributed by atoms with Gasteiger partial charge < -0.3 is 4.57 Å². The Bertz CT molecular complexity index is 539. The topological polar surface area (TPSA) is 54.5 Å². The van der Waals surface area contributed by atoms with Crippen LogP contribution in [-0.4, -0.2) is 14.5 Å². The summed E-state index contributed by atoms with van der Waals surface area (Å²) >= 11 is 5.97. The van der Waals surface area contributed by atoms with Crippen molar-refractivity contribution in [3.05, 3.63) is 35.2 Å². The molecule has 0 aliphatic heterocycles. The maximum atomic E-state index is 8.68. The first-order chi connectivity index (χ1) is 7.74. The van der Waals surface area contributed by atoms with Gasteiger partial charge in [0.05, 0.1) is 18.2 Å². The first kappa shape index (κ1) is 10.7. The van der Waals surface area contributed by atoms with Crippen LogP contribution in [-0.2, 0) is 13.5 Å². The minimum atomic E-state index is 0.245. The molecule has 80 valence electrons. The summed E-state index contributed by atoms with van der Waals surface area (Å²) in [5, 5.41) is 9.05. The summed E-state index contributed by atoms with van der Waals surface area (Å²) in [5.41, 5.74) is 1.46. The van der Waals surface area contributed by atoms with Crippen molar-refractivity contribution >= 4 is 11.6 Å². The van der Waals surface area contributed by atoms with Gasteiger partial charge in [-0.05, 0) is 12.1 Å². The molecular weight excluding hydrogens is 224 g/mol. The zero-order valence-corrected chi connectivity index (χ0v) is 9.44. The van der Waals surface area contributed by atoms with Gasteiger partial charge in [0.15, 0.2) is 11.0 Å². The fourth-order valence-electron chi connectivity index (χ4n) is 1.49. The molecule has 0 atom stereocenters. The van der Waals surface area contributed by atoms with Crippen molar-refractivity contribution < 1.29 is 0 Å². The molecule has 0 saturated carbocycles. The van der Waals surface area contributed by atoms with E-state index in [2.05, 4.69) is 16.0 Å². The summed E-state index contributed by atoms with van der Waals surface area (Å²) in [6.45, 7) is 0. The average Bonchev–Trinajstić information content (AvgIpc) is 2.59. The Kier molecular flexibility index (Phi) is 2.88. The van der Waals surface area contributed by atoms with Crippen molar-refractivity contribution in [2.75, 3.05) is 0 Å². The Balaban J connectivity index is 2.53. The van der Waals surface area contributed by atoms with E-state index < -0.39 is 0 Å². The Morgan fingerprint density at radius 2 is 2.31 bits per heavy atom. The summed E-state index contributed by atoms with van der Waals surface area (Å²) in [6.07, 6.45) is 1.94. The fraction of sp³-hybridized carbons (Fsp3) is 0.182. The molecule has 16 heavy (non-hydrogen) atoms. The number of nitriles is 1. The number of imidazole rings is 1. The summed E-state index contributed by atoms with van der Waals surface area (Å²) in [7, 11) is 1.83. The lowest BCUT2D eigenvalue weighted by atomic mass is 10.3. The predicted molar refractivity (Wildman–Crippen MR) is 60.8 cm³/mol. The lowest BCUT2D eigenvalue weighted by Crippen LogP contribution is -1.99. The molecule has 0 bridgehead atoms. The van der Waals surface area contributed by atoms with Gasteiger partial charge in [-0.1, -0.05) is 17.7 Å². The summed E-state index contributed by atoms with van der Waals surface area (Å²) in [6, 6.07) is 7.64. The van der Waals surface area contributed by atoms with Crippen molar-refractivity contribution in [1.82, 2.24) is 14.5 Å². The Morgan fingerprint density at radius 1 is 1.50 bits per heavy atom. The Hall–Kier alpha value is -1.86. The number of halogens is 1. The van der Waals surface area contributed by atoms with Gasteiger partial charge in [-0.15, -0.1) is 0 Å². The molecule has 2 heterocycles. The number of aromatic nitrogens is 3. The van der Waals surface area contributed by atoms with Crippen LogP contribution in [0.1, 0.15) is 5.69 Å². The highest BCUT2D eigenvalue weighted by Gasteiger charge is 2.14. The third-order valence-electron chi connectivity index (χ3n) is 2.31. The highest BCUT2D eigenvalue weighted by atomic mass is 35.5. The predicted octanol–water partition coefficient (Wildman–Crippen LogP) is 2.20. The van der Waals surface area contributed by atoms with E-state index in [1.807, 2.05) is 25.2 Å². The van der Waals surface area contributed by atoms with Crippen LogP contribution in [0.3, 0.4) is 0 Å². The Labute approximate surface area is 98.1 Å². The van der Waals surface area contributed by atoms with Gasteiger partial charge in [0.2, 0.25) is 0 Å². The summed E-state index contributed by atoms with van der Waals surface area (Å²) in [4.78, 5) is 8.41. The minimum absolute atomic E-state index is 0.245. The molecule has 2 aromatic rings. The smallest absolute Gasteiger partial charge is 0.160 e. The van der Waals surface area contributed by atoms with Gasteiger partial charge in [-0.2, -0.15) is 5.26 Å². The second kappa shape index (κ2) is 4.33. The molecule has 0 radical (unpaired) electrons. The number of hydrogen-bond donors (Lipinski definition) is 0. The monoisotopic (exact) mass is 232 g/mol. The van der Waals surface area contributed by atoms with E-state index in [0.29, 0.717) is 16.7 Å². The van der Waals surface area contributed by atoms with E-state index in [0.717, 1.165) is 5.69 Å². The van der Waals surface area contributed by atoms with E-state index in [4.69, 9.17) is 16.9 Å². The number of rotatable bonds is 2. The van der Waals surface area contributed by atoms with Crippen LogP contribution in [0.15, 0.2) is 24.4 Å². The van der Waals surface area contributed by atoms with Crippen molar-refractivity contribution in [1.29, 1.82) is 5.26 Å². The molecule has 0 aliphatic rings. The number of pyridine rings is 1. The maximum absolute atomic E-state index is 8.68. The minimum Gasteiger partial charge on any atom is -0.328 e. The van der Waals surface area contributed by atoms with Crippen LogP contribution >= 0.6 is 11.6 Å². The van der Waals surface area contributed by atoms with Gasteiger partial charge in [0.1, 0.15) is 5.69 Å². The lowest BCUT2D eigenvalue weighted by molar-refractivity contribution is 0.859. The van der Waals surface area contributed by atoms with Crippen molar-refractivity contribution in [2.24, 2.45) is 7.05 Å². The zero-order chi connectivity index (χ0) is 11.5. The first-order valence-corrected chi connectivity index (χ1v) is 5.11. The van der Waals surface area contributed by atoms with Crippen LogP contribution in [0.2, 0.25) is 5.15 Å². The molecule has 0 saturated heterocycles. The molecule has 2 aromatic heterocycles. The molecule has 0 N–H and O–H groups in total. The summed E-state index contributed by atoms with van der Waals surface area (Å²) < 4.78 is 1.80. The maximum Gasteiger partial charge on any atom is 0.160 e. The molecule has 4 nitrogen and oxygen atoms in total. The normalized spacial score (nSPS) is 10.1. The van der Waals surface area contributed by atoms with Gasteiger partial charge in [-0.25, -0.2) is 4.98 Å². The van der Waals surface area contributed by atoms with Gasteiger partial charge >= 0.3 is 0 Å². The molecule has 0 amide bonds. The second-order valence-corrected chi connectivity index (χ2v) is 3.64. The second-order valence-electron chi connectivity index (χ2n) is 3.28. The SMILES string of the molecule is Cn1c(-c2ccccn2)nc(Cl)c1CC#N. The largest absolute Gasteiger partial charge is 0.328 e. The van der Waals surface area contributed by atoms with E-state index in [1.165, 1.54) is 0 Å². The molecule has 0 aliphatic carbocycles. The van der Waals surface area contributed by atoms with E-state index in [1.54, 1.807) is 10.8 Å². The molecule has 2 rings (SSSR count). The molecule has 0 aromatic carbocycles. The van der Waals surface area contributed by atoms with Crippen molar-refractivity contribution in [3.63, 3.8) is 0 Å². The van der Waals surface area contributed by atoms with Crippen LogP contribution in [0.5, 0.6) is 0 Å². The van der Waals surface area contributed by atoms with E-state index >= 15 is 0 Å². The number of nitrogens with zero attached hydrogens (tertiary/aromatic N) is 4.